The van der Waals surface area contributed by atoms with Crippen molar-refractivity contribution in [3.63, 3.8) is 0 Å². The second-order valence-electron chi connectivity index (χ2n) is 10.2. The third-order valence-electron chi connectivity index (χ3n) is 7.65. The van der Waals surface area contributed by atoms with Gasteiger partial charge in [-0.3, -0.25) is 19.1 Å². The number of carbonyl (C=O) groups is 3. The number of aliphatic hydroxyl groups is 1. The van der Waals surface area contributed by atoms with Crippen molar-refractivity contribution in [3.8, 4) is 0 Å². The summed E-state index contributed by atoms with van der Waals surface area (Å²) in [4.78, 5) is 41.0. The van der Waals surface area contributed by atoms with Gasteiger partial charge in [0.2, 0.25) is 21.8 Å². The molecule has 10 heteroatoms. The van der Waals surface area contributed by atoms with E-state index in [4.69, 9.17) is 0 Å². The topological polar surface area (TPSA) is 133 Å². The summed E-state index contributed by atoms with van der Waals surface area (Å²) in [7, 11) is -2.14. The number of fused-ring (bicyclic) bond motifs is 2. The highest BCUT2D eigenvalue weighted by Gasteiger charge is 2.63. The number of nitrogens with one attached hydrogen (secondary N) is 2. The van der Waals surface area contributed by atoms with Crippen LogP contribution in [0.1, 0.15) is 58.3 Å². The molecule has 9 nitrogen and oxygen atoms in total. The standard InChI is InChI=1S/C22H33N3O6S/c1-21(8-9-21)32(30,31)24-20(29)22-13-14(22)7-5-3-4-6-10-25(2)19(28)17-12-15(26)11-16(17)18(27)23-22/h5,7,14-17,26H,3-4,6,8-13H2,1-2H3,(H,23,27)(H,24,29)/b7-5-. The van der Waals surface area contributed by atoms with Crippen LogP contribution in [0.4, 0.5) is 0 Å². The molecular weight excluding hydrogens is 434 g/mol. The molecule has 3 saturated carbocycles. The molecule has 1 heterocycles. The summed E-state index contributed by atoms with van der Waals surface area (Å²) in [6.45, 7) is 2.18. The predicted octanol–water partition coefficient (Wildman–Crippen LogP) is 0.445. The third kappa shape index (κ3) is 4.19. The maximum absolute atomic E-state index is 13.2. The Bertz CT molecular complexity index is 943. The van der Waals surface area contributed by atoms with Crippen molar-refractivity contribution in [3.05, 3.63) is 12.2 Å². The van der Waals surface area contributed by atoms with Crippen LogP contribution < -0.4 is 10.0 Å². The Labute approximate surface area is 189 Å². The first-order valence-electron chi connectivity index (χ1n) is 11.5. The minimum absolute atomic E-state index is 0.144. The van der Waals surface area contributed by atoms with E-state index in [9.17, 15) is 27.9 Å². The normalized spacial score (nSPS) is 38.0. The van der Waals surface area contributed by atoms with Gasteiger partial charge in [-0.25, -0.2) is 8.42 Å². The van der Waals surface area contributed by atoms with E-state index in [1.165, 1.54) is 0 Å². The monoisotopic (exact) mass is 467 g/mol. The van der Waals surface area contributed by atoms with Crippen LogP contribution in [0.2, 0.25) is 0 Å². The van der Waals surface area contributed by atoms with Crippen LogP contribution in [-0.4, -0.2) is 66.1 Å². The van der Waals surface area contributed by atoms with Gasteiger partial charge in [-0.05, 0) is 58.3 Å². The van der Waals surface area contributed by atoms with Gasteiger partial charge in [0.25, 0.3) is 5.91 Å². The molecule has 5 atom stereocenters. The summed E-state index contributed by atoms with van der Waals surface area (Å²) in [6.07, 6.45) is 7.17. The van der Waals surface area contributed by atoms with Crippen LogP contribution in [0, 0.1) is 17.8 Å². The Balaban J connectivity index is 1.59. The maximum Gasteiger partial charge on any atom is 0.259 e. The summed E-state index contributed by atoms with van der Waals surface area (Å²) in [5, 5.41) is 13.0. The molecule has 32 heavy (non-hydrogen) atoms. The minimum Gasteiger partial charge on any atom is -0.393 e. The highest BCUT2D eigenvalue weighted by atomic mass is 32.2. The van der Waals surface area contributed by atoms with Crippen molar-refractivity contribution in [2.45, 2.75) is 74.7 Å². The van der Waals surface area contributed by atoms with Gasteiger partial charge in [0.05, 0.1) is 22.7 Å². The smallest absolute Gasteiger partial charge is 0.259 e. The fourth-order valence-corrected chi connectivity index (χ4v) is 6.23. The number of nitrogens with zero attached hydrogens (tertiary/aromatic N) is 1. The second-order valence-corrected chi connectivity index (χ2v) is 12.4. The molecule has 4 rings (SSSR count). The maximum atomic E-state index is 13.2. The average Bonchev–Trinajstić information content (AvgIpc) is 3.60. The van der Waals surface area contributed by atoms with Gasteiger partial charge in [0.1, 0.15) is 5.54 Å². The molecule has 3 amide bonds. The molecule has 5 unspecified atom stereocenters. The summed E-state index contributed by atoms with van der Waals surface area (Å²) < 4.78 is 26.5. The molecule has 0 radical (unpaired) electrons. The van der Waals surface area contributed by atoms with E-state index in [1.54, 1.807) is 18.9 Å². The Kier molecular flexibility index (Phi) is 5.90. The fourth-order valence-electron chi connectivity index (χ4n) is 4.91. The zero-order chi connectivity index (χ0) is 23.3. The molecule has 0 aromatic carbocycles. The van der Waals surface area contributed by atoms with Crippen LogP contribution in [0.25, 0.3) is 0 Å². The average molecular weight is 468 g/mol. The molecule has 4 aliphatic rings. The van der Waals surface area contributed by atoms with Gasteiger partial charge in [0, 0.05) is 19.5 Å². The van der Waals surface area contributed by atoms with Gasteiger partial charge >= 0.3 is 0 Å². The summed E-state index contributed by atoms with van der Waals surface area (Å²) in [6, 6.07) is 0. The van der Waals surface area contributed by atoms with Crippen LogP contribution in [-0.2, 0) is 24.4 Å². The molecule has 3 N–H and O–H groups in total. The van der Waals surface area contributed by atoms with Crippen molar-refractivity contribution >= 4 is 27.7 Å². The first kappa shape index (κ1) is 23.2. The zero-order valence-electron chi connectivity index (χ0n) is 18.7. The molecule has 1 aliphatic heterocycles. The lowest BCUT2D eigenvalue weighted by atomic mass is 9.93. The van der Waals surface area contributed by atoms with E-state index in [0.29, 0.717) is 25.8 Å². The molecule has 0 bridgehead atoms. The molecular formula is C22H33N3O6S. The lowest BCUT2D eigenvalue weighted by Gasteiger charge is -2.27. The van der Waals surface area contributed by atoms with Gasteiger partial charge in [-0.15, -0.1) is 0 Å². The van der Waals surface area contributed by atoms with Crippen LogP contribution in [0.15, 0.2) is 12.2 Å². The van der Waals surface area contributed by atoms with Gasteiger partial charge in [-0.2, -0.15) is 0 Å². The minimum atomic E-state index is -3.84. The number of aliphatic hydroxyl groups excluding tert-OH is 1. The Morgan fingerprint density at radius 2 is 1.91 bits per heavy atom. The SMILES string of the molecule is CN1CCCC/C=C\C2CC2(C(=O)NS(=O)(=O)C2(C)CC2)NC(=O)C2CC(O)CC2C1=O. The quantitative estimate of drug-likeness (QED) is 0.516. The van der Waals surface area contributed by atoms with Crippen molar-refractivity contribution in [1.29, 1.82) is 0 Å². The largest absolute Gasteiger partial charge is 0.393 e. The zero-order valence-corrected chi connectivity index (χ0v) is 19.5. The molecule has 3 aliphatic carbocycles. The van der Waals surface area contributed by atoms with E-state index >= 15 is 0 Å². The third-order valence-corrected chi connectivity index (χ3v) is 9.81. The Morgan fingerprint density at radius 3 is 2.59 bits per heavy atom. The van der Waals surface area contributed by atoms with Crippen LogP contribution >= 0.6 is 0 Å². The molecule has 0 spiro atoms. The Morgan fingerprint density at radius 1 is 1.22 bits per heavy atom. The number of hydrogen-bond donors (Lipinski definition) is 3. The van der Waals surface area contributed by atoms with Crippen LogP contribution in [0.5, 0.6) is 0 Å². The molecule has 3 fully saturated rings. The molecule has 0 saturated heterocycles. The first-order valence-corrected chi connectivity index (χ1v) is 13.0. The van der Waals surface area contributed by atoms with Gasteiger partial charge in [-0.1, -0.05) is 12.2 Å². The highest BCUT2D eigenvalue weighted by Crippen LogP contribution is 2.48. The number of allylic oxidation sites excluding steroid dienone is 1. The fraction of sp³-hybridized carbons (Fsp3) is 0.773. The number of rotatable bonds is 3. The molecule has 0 aromatic rings. The van der Waals surface area contributed by atoms with Crippen molar-refractivity contribution in [2.24, 2.45) is 17.8 Å². The van der Waals surface area contributed by atoms with Gasteiger partial charge in [0.15, 0.2) is 0 Å². The lowest BCUT2D eigenvalue weighted by Crippen LogP contribution is -2.55. The Hall–Kier alpha value is -1.94. The van der Waals surface area contributed by atoms with Crippen molar-refractivity contribution in [2.75, 3.05) is 13.6 Å². The van der Waals surface area contributed by atoms with E-state index in [1.807, 2.05) is 12.2 Å². The van der Waals surface area contributed by atoms with Crippen molar-refractivity contribution in [1.82, 2.24) is 14.9 Å². The lowest BCUT2D eigenvalue weighted by molar-refractivity contribution is -0.140. The highest BCUT2D eigenvalue weighted by molar-refractivity contribution is 7.91. The summed E-state index contributed by atoms with van der Waals surface area (Å²) in [5.74, 6) is -3.09. The second kappa shape index (κ2) is 8.13. The van der Waals surface area contributed by atoms with E-state index < -0.39 is 50.1 Å². The molecule has 0 aromatic heterocycles. The van der Waals surface area contributed by atoms with Gasteiger partial charge < -0.3 is 15.3 Å². The van der Waals surface area contributed by atoms with Crippen molar-refractivity contribution < 1.29 is 27.9 Å². The van der Waals surface area contributed by atoms with Crippen LogP contribution in [0.3, 0.4) is 0 Å². The summed E-state index contributed by atoms with van der Waals surface area (Å²) >= 11 is 0. The first-order chi connectivity index (χ1) is 15.0. The number of amides is 3. The molecule has 178 valence electrons. The van der Waals surface area contributed by atoms with E-state index in [-0.39, 0.29) is 24.7 Å². The number of carbonyl (C=O) groups excluding carboxylic acids is 3. The van der Waals surface area contributed by atoms with E-state index in [0.717, 1.165) is 19.3 Å². The predicted molar refractivity (Wildman–Crippen MR) is 117 cm³/mol. The van der Waals surface area contributed by atoms with E-state index in [2.05, 4.69) is 10.0 Å². The number of sulfonamides is 1. The number of hydrogen-bond acceptors (Lipinski definition) is 6. The summed E-state index contributed by atoms with van der Waals surface area (Å²) in [5.41, 5.74) is -1.34.